The van der Waals surface area contributed by atoms with Gasteiger partial charge in [0.05, 0.1) is 6.54 Å². The first-order valence-corrected chi connectivity index (χ1v) is 6.64. The van der Waals surface area contributed by atoms with Crippen LogP contribution in [-0.4, -0.2) is 48.6 Å². The van der Waals surface area contributed by atoms with Crippen LogP contribution in [0.25, 0.3) is 0 Å². The van der Waals surface area contributed by atoms with Crippen LogP contribution in [0, 0.1) is 0 Å². The third-order valence-electron chi connectivity index (χ3n) is 1.82. The standard InChI is InChI=1S/C8H16N2OS2/c1-9-8(11)5-10-4-7-6-12-2-3-13-7/h7,10H,2-6H2,1H3,(H,9,11). The van der Waals surface area contributed by atoms with Crippen molar-refractivity contribution in [3.05, 3.63) is 0 Å². The Morgan fingerprint density at radius 2 is 2.38 bits per heavy atom. The molecule has 1 unspecified atom stereocenters. The van der Waals surface area contributed by atoms with Crippen molar-refractivity contribution in [1.82, 2.24) is 10.6 Å². The topological polar surface area (TPSA) is 41.1 Å². The molecule has 1 aliphatic heterocycles. The van der Waals surface area contributed by atoms with Crippen LogP contribution in [0.1, 0.15) is 0 Å². The van der Waals surface area contributed by atoms with Crippen molar-refractivity contribution in [2.75, 3.05) is 37.4 Å². The number of amides is 1. The Hall–Kier alpha value is 0.130. The molecule has 1 aliphatic rings. The monoisotopic (exact) mass is 220 g/mol. The SMILES string of the molecule is CNC(=O)CNCC1CSCCS1. The summed E-state index contributed by atoms with van der Waals surface area (Å²) in [6.45, 7) is 1.39. The molecule has 13 heavy (non-hydrogen) atoms. The lowest BCUT2D eigenvalue weighted by Gasteiger charge is -2.20. The number of likely N-dealkylation sites (N-methyl/N-ethyl adjacent to an activating group) is 1. The van der Waals surface area contributed by atoms with E-state index in [0.29, 0.717) is 11.8 Å². The maximum atomic E-state index is 10.9. The summed E-state index contributed by atoms with van der Waals surface area (Å²) in [6.07, 6.45) is 0. The molecule has 1 fully saturated rings. The Labute approximate surface area is 87.8 Å². The van der Waals surface area contributed by atoms with Crippen LogP contribution in [0.15, 0.2) is 0 Å². The molecule has 76 valence electrons. The van der Waals surface area contributed by atoms with Gasteiger partial charge in [0.2, 0.25) is 5.91 Å². The summed E-state index contributed by atoms with van der Waals surface area (Å²) in [5.74, 6) is 3.80. The van der Waals surface area contributed by atoms with E-state index in [0.717, 1.165) is 6.54 Å². The van der Waals surface area contributed by atoms with Crippen LogP contribution >= 0.6 is 23.5 Å². The predicted molar refractivity (Wildman–Crippen MR) is 60.5 cm³/mol. The van der Waals surface area contributed by atoms with Crippen LogP contribution in [0.4, 0.5) is 0 Å². The third kappa shape index (κ3) is 4.78. The van der Waals surface area contributed by atoms with E-state index in [2.05, 4.69) is 10.6 Å². The summed E-state index contributed by atoms with van der Waals surface area (Å²) in [6, 6.07) is 0. The first-order valence-electron chi connectivity index (χ1n) is 4.43. The van der Waals surface area contributed by atoms with Crippen LogP contribution < -0.4 is 10.6 Å². The van der Waals surface area contributed by atoms with Crippen molar-refractivity contribution in [3.63, 3.8) is 0 Å². The third-order valence-corrected chi connectivity index (χ3v) is 4.67. The summed E-state index contributed by atoms with van der Waals surface area (Å²) < 4.78 is 0. The maximum Gasteiger partial charge on any atom is 0.233 e. The van der Waals surface area contributed by atoms with Crippen LogP contribution in [0.3, 0.4) is 0 Å². The van der Waals surface area contributed by atoms with Crippen molar-refractivity contribution in [3.8, 4) is 0 Å². The Morgan fingerprint density at radius 3 is 3.00 bits per heavy atom. The van der Waals surface area contributed by atoms with Gasteiger partial charge in [0.25, 0.3) is 0 Å². The quantitative estimate of drug-likeness (QED) is 0.709. The van der Waals surface area contributed by atoms with Crippen molar-refractivity contribution in [2.45, 2.75) is 5.25 Å². The van der Waals surface area contributed by atoms with Gasteiger partial charge in [-0.1, -0.05) is 0 Å². The van der Waals surface area contributed by atoms with Crippen molar-refractivity contribution < 1.29 is 4.79 Å². The molecule has 1 atom stereocenters. The molecule has 0 aromatic rings. The number of nitrogens with one attached hydrogen (secondary N) is 2. The Bertz CT molecular complexity index is 160. The second-order valence-corrected chi connectivity index (χ2v) is 5.43. The largest absolute Gasteiger partial charge is 0.358 e. The summed E-state index contributed by atoms with van der Waals surface area (Å²) >= 11 is 4.01. The molecule has 1 saturated heterocycles. The highest BCUT2D eigenvalue weighted by molar-refractivity contribution is 8.06. The molecule has 1 heterocycles. The molecular formula is C8H16N2OS2. The van der Waals surface area contributed by atoms with Gasteiger partial charge in [-0.15, -0.1) is 0 Å². The fraction of sp³-hybridized carbons (Fsp3) is 0.875. The molecule has 1 rings (SSSR count). The van der Waals surface area contributed by atoms with Gasteiger partial charge in [-0.3, -0.25) is 4.79 Å². The van der Waals surface area contributed by atoms with Crippen LogP contribution in [-0.2, 0) is 4.79 Å². The van der Waals surface area contributed by atoms with Crippen molar-refractivity contribution in [2.24, 2.45) is 0 Å². The van der Waals surface area contributed by atoms with E-state index in [1.165, 1.54) is 17.3 Å². The van der Waals surface area contributed by atoms with E-state index >= 15 is 0 Å². The Kier molecular flexibility index (Phi) is 5.66. The van der Waals surface area contributed by atoms with Gasteiger partial charge in [0, 0.05) is 36.1 Å². The second kappa shape index (κ2) is 6.56. The number of hydrogen-bond donors (Lipinski definition) is 2. The fourth-order valence-electron chi connectivity index (χ4n) is 1.09. The van der Waals surface area contributed by atoms with Crippen LogP contribution in [0.2, 0.25) is 0 Å². The molecular weight excluding hydrogens is 204 g/mol. The Morgan fingerprint density at radius 1 is 1.54 bits per heavy atom. The normalized spacial score (nSPS) is 22.7. The van der Waals surface area contributed by atoms with Gasteiger partial charge >= 0.3 is 0 Å². The molecule has 0 aliphatic carbocycles. The lowest BCUT2D eigenvalue weighted by molar-refractivity contribution is -0.119. The molecule has 0 saturated carbocycles. The average Bonchev–Trinajstić information content (AvgIpc) is 2.19. The van der Waals surface area contributed by atoms with E-state index in [1.807, 2.05) is 23.5 Å². The molecule has 1 amide bonds. The minimum atomic E-state index is 0.0634. The van der Waals surface area contributed by atoms with E-state index in [9.17, 15) is 4.79 Å². The number of thioether (sulfide) groups is 2. The number of rotatable bonds is 4. The van der Waals surface area contributed by atoms with Crippen molar-refractivity contribution >= 4 is 29.4 Å². The summed E-state index contributed by atoms with van der Waals surface area (Å²) in [5, 5.41) is 6.43. The highest BCUT2D eigenvalue weighted by Crippen LogP contribution is 2.22. The highest BCUT2D eigenvalue weighted by Gasteiger charge is 2.13. The minimum absolute atomic E-state index is 0.0634. The maximum absolute atomic E-state index is 10.9. The van der Waals surface area contributed by atoms with E-state index < -0.39 is 0 Å². The van der Waals surface area contributed by atoms with E-state index in [4.69, 9.17) is 0 Å². The average molecular weight is 220 g/mol. The summed E-state index contributed by atoms with van der Waals surface area (Å²) in [4.78, 5) is 10.9. The lowest BCUT2D eigenvalue weighted by Crippen LogP contribution is -2.36. The molecule has 0 bridgehead atoms. The Balaban J connectivity index is 2.01. The second-order valence-electron chi connectivity index (χ2n) is 2.87. The first-order chi connectivity index (χ1) is 6.33. The van der Waals surface area contributed by atoms with Gasteiger partial charge in [-0.05, 0) is 0 Å². The predicted octanol–water partition coefficient (Wildman–Crippen LogP) is 0.171. The number of carbonyl (C=O) groups excluding carboxylic acids is 1. The molecule has 2 N–H and O–H groups in total. The fourth-order valence-corrected chi connectivity index (χ4v) is 3.74. The number of hydrogen-bond acceptors (Lipinski definition) is 4. The highest BCUT2D eigenvalue weighted by atomic mass is 32.2. The minimum Gasteiger partial charge on any atom is -0.358 e. The molecule has 0 aromatic carbocycles. The van der Waals surface area contributed by atoms with Gasteiger partial charge < -0.3 is 10.6 Å². The van der Waals surface area contributed by atoms with Gasteiger partial charge in [-0.2, -0.15) is 23.5 Å². The van der Waals surface area contributed by atoms with E-state index in [1.54, 1.807) is 7.05 Å². The van der Waals surface area contributed by atoms with E-state index in [-0.39, 0.29) is 5.91 Å². The smallest absolute Gasteiger partial charge is 0.233 e. The molecule has 3 nitrogen and oxygen atoms in total. The van der Waals surface area contributed by atoms with Gasteiger partial charge in [0.15, 0.2) is 0 Å². The zero-order valence-corrected chi connectivity index (χ0v) is 9.47. The molecule has 5 heteroatoms. The van der Waals surface area contributed by atoms with Crippen molar-refractivity contribution in [1.29, 1.82) is 0 Å². The first kappa shape index (κ1) is 11.2. The zero-order chi connectivity index (χ0) is 9.52. The van der Waals surface area contributed by atoms with Gasteiger partial charge in [0.1, 0.15) is 0 Å². The summed E-state index contributed by atoms with van der Waals surface area (Å²) in [7, 11) is 1.66. The molecule has 0 spiro atoms. The van der Waals surface area contributed by atoms with Gasteiger partial charge in [-0.25, -0.2) is 0 Å². The molecule has 0 radical (unpaired) electrons. The lowest BCUT2D eigenvalue weighted by atomic mass is 10.4. The molecule has 0 aromatic heterocycles. The van der Waals surface area contributed by atoms with Crippen LogP contribution in [0.5, 0.6) is 0 Å². The summed E-state index contributed by atoms with van der Waals surface area (Å²) in [5.41, 5.74) is 0. The zero-order valence-electron chi connectivity index (χ0n) is 7.84. The number of carbonyl (C=O) groups is 1.